The number of ether oxygens (including phenoxy) is 2. The van der Waals surface area contributed by atoms with Gasteiger partial charge in [-0.05, 0) is 23.8 Å². The molecular formula is C14H17NO5. The zero-order chi connectivity index (χ0) is 15.0. The second-order valence-corrected chi connectivity index (χ2v) is 3.85. The molecule has 6 heteroatoms. The van der Waals surface area contributed by atoms with Crippen LogP contribution in [0.5, 0.6) is 11.5 Å². The lowest BCUT2D eigenvalue weighted by atomic mass is 10.2. The summed E-state index contributed by atoms with van der Waals surface area (Å²) in [5.41, 5.74) is 0.670. The quantitative estimate of drug-likeness (QED) is 0.735. The van der Waals surface area contributed by atoms with Crippen LogP contribution in [0.25, 0.3) is 6.08 Å². The molecule has 0 atom stereocenters. The van der Waals surface area contributed by atoms with Gasteiger partial charge in [0.15, 0.2) is 11.5 Å². The molecule has 0 spiro atoms. The fourth-order valence-electron chi connectivity index (χ4n) is 1.46. The lowest BCUT2D eigenvalue weighted by Gasteiger charge is -2.11. The summed E-state index contributed by atoms with van der Waals surface area (Å²) in [5.74, 6) is -0.160. The number of carbonyl (C=O) groups is 2. The molecule has 0 aliphatic heterocycles. The zero-order valence-electron chi connectivity index (χ0n) is 11.4. The van der Waals surface area contributed by atoms with E-state index in [1.165, 1.54) is 13.2 Å². The van der Waals surface area contributed by atoms with Crippen LogP contribution in [0.15, 0.2) is 24.3 Å². The first-order valence-electron chi connectivity index (χ1n) is 5.99. The largest absolute Gasteiger partial charge is 0.493 e. The Hall–Kier alpha value is -2.50. The monoisotopic (exact) mass is 279 g/mol. The lowest BCUT2D eigenvalue weighted by molar-refractivity contribution is -0.131. The first kappa shape index (κ1) is 15.6. The summed E-state index contributed by atoms with van der Waals surface area (Å²) in [4.78, 5) is 21.6. The smallest absolute Gasteiger partial charge is 0.328 e. The Kier molecular flexibility index (Phi) is 6.09. The van der Waals surface area contributed by atoms with Crippen molar-refractivity contribution in [2.24, 2.45) is 0 Å². The predicted molar refractivity (Wildman–Crippen MR) is 73.8 cm³/mol. The molecule has 1 aromatic rings. The van der Waals surface area contributed by atoms with E-state index in [4.69, 9.17) is 14.6 Å². The van der Waals surface area contributed by atoms with Crippen molar-refractivity contribution in [3.8, 4) is 11.5 Å². The average Bonchev–Trinajstić information content (AvgIpc) is 2.45. The van der Waals surface area contributed by atoms with Crippen molar-refractivity contribution < 1.29 is 24.2 Å². The van der Waals surface area contributed by atoms with Crippen LogP contribution >= 0.6 is 0 Å². The Morgan fingerprint density at radius 2 is 2.10 bits per heavy atom. The van der Waals surface area contributed by atoms with Crippen LogP contribution < -0.4 is 14.8 Å². The van der Waals surface area contributed by atoms with Crippen molar-refractivity contribution in [1.29, 1.82) is 0 Å². The fourth-order valence-corrected chi connectivity index (χ4v) is 1.46. The summed E-state index contributed by atoms with van der Waals surface area (Å²) in [6.07, 6.45) is 2.72. The Labute approximate surface area is 117 Å². The average molecular weight is 279 g/mol. The summed E-state index contributed by atoms with van der Waals surface area (Å²) in [7, 11) is 3.06. The number of carboxylic acid groups (broad SMARTS) is 1. The number of carboxylic acids is 1. The number of rotatable bonds is 7. The van der Waals surface area contributed by atoms with Crippen molar-refractivity contribution in [2.75, 3.05) is 20.8 Å². The standard InChI is InChI=1S/C14H17NO5/c1-15-13(16)7-8-20-12-9-10(4-6-14(17)18)3-5-11(12)19-2/h3-6,9H,7-8H2,1-2H3,(H,15,16)(H,17,18). The van der Waals surface area contributed by atoms with Crippen LogP contribution in [0, 0.1) is 0 Å². The van der Waals surface area contributed by atoms with Gasteiger partial charge in [0, 0.05) is 13.1 Å². The maximum Gasteiger partial charge on any atom is 0.328 e. The molecule has 0 unspecified atom stereocenters. The molecule has 0 saturated heterocycles. The van der Waals surface area contributed by atoms with Crippen LogP contribution in [-0.2, 0) is 9.59 Å². The first-order valence-corrected chi connectivity index (χ1v) is 5.99. The summed E-state index contributed by atoms with van der Waals surface area (Å²) in [5, 5.41) is 11.1. The SMILES string of the molecule is CNC(=O)CCOc1cc(C=CC(=O)O)ccc1OC. The molecule has 0 saturated carbocycles. The molecule has 0 heterocycles. The van der Waals surface area contributed by atoms with Gasteiger partial charge in [0.2, 0.25) is 5.91 Å². The van der Waals surface area contributed by atoms with E-state index in [0.717, 1.165) is 6.08 Å². The third kappa shape index (κ3) is 5.01. The molecule has 1 aromatic carbocycles. The van der Waals surface area contributed by atoms with E-state index in [1.807, 2.05) is 0 Å². The minimum atomic E-state index is -1.03. The number of benzene rings is 1. The van der Waals surface area contributed by atoms with E-state index < -0.39 is 5.97 Å². The van der Waals surface area contributed by atoms with Gasteiger partial charge in [0.05, 0.1) is 20.1 Å². The number of carbonyl (C=O) groups excluding carboxylic acids is 1. The van der Waals surface area contributed by atoms with Gasteiger partial charge in [-0.2, -0.15) is 0 Å². The Bertz CT molecular complexity index is 510. The topological polar surface area (TPSA) is 84.9 Å². The van der Waals surface area contributed by atoms with Crippen molar-refractivity contribution in [2.45, 2.75) is 6.42 Å². The van der Waals surface area contributed by atoms with Gasteiger partial charge in [-0.25, -0.2) is 4.79 Å². The number of aliphatic carboxylic acids is 1. The van der Waals surface area contributed by atoms with Crippen molar-refractivity contribution in [3.05, 3.63) is 29.8 Å². The highest BCUT2D eigenvalue weighted by molar-refractivity contribution is 5.85. The summed E-state index contributed by atoms with van der Waals surface area (Å²) < 4.78 is 10.6. The van der Waals surface area contributed by atoms with Crippen LogP contribution in [0.3, 0.4) is 0 Å². The maximum absolute atomic E-state index is 11.1. The molecule has 2 N–H and O–H groups in total. The van der Waals surface area contributed by atoms with Crippen LogP contribution in [0.4, 0.5) is 0 Å². The normalized spacial score (nSPS) is 10.3. The highest BCUT2D eigenvalue weighted by Crippen LogP contribution is 2.28. The second-order valence-electron chi connectivity index (χ2n) is 3.85. The number of nitrogens with one attached hydrogen (secondary N) is 1. The van der Waals surface area contributed by atoms with Gasteiger partial charge in [0.1, 0.15) is 0 Å². The minimum Gasteiger partial charge on any atom is -0.493 e. The number of amides is 1. The van der Waals surface area contributed by atoms with Gasteiger partial charge in [0.25, 0.3) is 0 Å². The third-order valence-electron chi connectivity index (χ3n) is 2.47. The Morgan fingerprint density at radius 1 is 1.35 bits per heavy atom. The molecule has 1 amide bonds. The molecule has 0 fully saturated rings. The van der Waals surface area contributed by atoms with Crippen molar-refractivity contribution in [3.63, 3.8) is 0 Å². The molecule has 0 aromatic heterocycles. The van der Waals surface area contributed by atoms with Crippen LogP contribution in [0.1, 0.15) is 12.0 Å². The highest BCUT2D eigenvalue weighted by atomic mass is 16.5. The molecule has 20 heavy (non-hydrogen) atoms. The van der Waals surface area contributed by atoms with E-state index in [0.29, 0.717) is 17.1 Å². The predicted octanol–water partition coefficient (Wildman–Crippen LogP) is 1.31. The van der Waals surface area contributed by atoms with Crippen LogP contribution in [0.2, 0.25) is 0 Å². The number of hydrogen-bond donors (Lipinski definition) is 2. The zero-order valence-corrected chi connectivity index (χ0v) is 11.4. The van der Waals surface area contributed by atoms with E-state index >= 15 is 0 Å². The molecule has 108 valence electrons. The molecule has 0 aliphatic rings. The molecule has 0 radical (unpaired) electrons. The number of hydrogen-bond acceptors (Lipinski definition) is 4. The summed E-state index contributed by atoms with van der Waals surface area (Å²) >= 11 is 0. The second kappa shape index (κ2) is 7.83. The van der Waals surface area contributed by atoms with E-state index in [9.17, 15) is 9.59 Å². The molecule has 6 nitrogen and oxygen atoms in total. The van der Waals surface area contributed by atoms with Gasteiger partial charge in [-0.15, -0.1) is 0 Å². The number of methoxy groups -OCH3 is 1. The highest BCUT2D eigenvalue weighted by Gasteiger charge is 2.06. The van der Waals surface area contributed by atoms with Gasteiger partial charge < -0.3 is 19.9 Å². The van der Waals surface area contributed by atoms with E-state index in [1.54, 1.807) is 25.2 Å². The molecule has 0 bridgehead atoms. The Balaban J connectivity index is 2.78. The lowest BCUT2D eigenvalue weighted by Crippen LogP contribution is -2.20. The van der Waals surface area contributed by atoms with E-state index in [2.05, 4.69) is 5.32 Å². The Morgan fingerprint density at radius 3 is 2.70 bits per heavy atom. The van der Waals surface area contributed by atoms with Crippen molar-refractivity contribution >= 4 is 18.0 Å². The molecule has 0 aliphatic carbocycles. The van der Waals surface area contributed by atoms with Gasteiger partial charge in [-0.3, -0.25) is 4.79 Å². The molecular weight excluding hydrogens is 262 g/mol. The minimum absolute atomic E-state index is 0.120. The van der Waals surface area contributed by atoms with Crippen LogP contribution in [-0.4, -0.2) is 37.7 Å². The maximum atomic E-state index is 11.1. The van der Waals surface area contributed by atoms with E-state index in [-0.39, 0.29) is 18.9 Å². The summed E-state index contributed by atoms with van der Waals surface area (Å²) in [6, 6.07) is 5.04. The summed E-state index contributed by atoms with van der Waals surface area (Å²) in [6.45, 7) is 0.210. The first-order chi connectivity index (χ1) is 9.56. The molecule has 1 rings (SSSR count). The third-order valence-corrected chi connectivity index (χ3v) is 2.47. The fraction of sp³-hybridized carbons (Fsp3) is 0.286. The van der Waals surface area contributed by atoms with Gasteiger partial charge >= 0.3 is 5.97 Å². The van der Waals surface area contributed by atoms with Gasteiger partial charge in [-0.1, -0.05) is 6.07 Å². The van der Waals surface area contributed by atoms with Crippen molar-refractivity contribution in [1.82, 2.24) is 5.32 Å².